The van der Waals surface area contributed by atoms with Crippen LogP contribution in [0.4, 0.5) is 31.1 Å². The van der Waals surface area contributed by atoms with Gasteiger partial charge in [0.15, 0.2) is 5.60 Å². The molecule has 15 heteroatoms. The van der Waals surface area contributed by atoms with Crippen molar-refractivity contribution in [3.63, 3.8) is 0 Å². The highest BCUT2D eigenvalue weighted by Crippen LogP contribution is 2.36. The molecule has 1 aromatic carbocycles. The topological polar surface area (TPSA) is 94.3 Å². The van der Waals surface area contributed by atoms with Crippen LogP contribution in [0.3, 0.4) is 0 Å². The zero-order valence-corrected chi connectivity index (χ0v) is 23.1. The van der Waals surface area contributed by atoms with Crippen molar-refractivity contribution in [3.8, 4) is 17.2 Å². The average molecular weight is 596 g/mol. The van der Waals surface area contributed by atoms with Gasteiger partial charge in [0, 0.05) is 43.9 Å². The predicted octanol–water partition coefficient (Wildman–Crippen LogP) is 5.59. The summed E-state index contributed by atoms with van der Waals surface area (Å²) in [5.74, 6) is -0.00293. The van der Waals surface area contributed by atoms with E-state index in [0.717, 1.165) is 4.90 Å². The number of carbonyl (C=O) groups is 2. The van der Waals surface area contributed by atoms with Crippen LogP contribution in [0.15, 0.2) is 35.1 Å². The number of benzene rings is 1. The maximum absolute atomic E-state index is 12.8. The molecule has 1 aromatic heterocycles. The Morgan fingerprint density at radius 1 is 0.976 bits per heavy atom. The monoisotopic (exact) mass is 595 g/mol. The van der Waals surface area contributed by atoms with E-state index in [1.165, 1.54) is 12.5 Å². The van der Waals surface area contributed by atoms with Crippen molar-refractivity contribution in [1.82, 2.24) is 14.8 Å². The van der Waals surface area contributed by atoms with Crippen molar-refractivity contribution in [2.75, 3.05) is 26.2 Å². The van der Waals surface area contributed by atoms with E-state index < -0.39 is 41.7 Å². The van der Waals surface area contributed by atoms with Crippen LogP contribution < -0.4 is 4.74 Å². The minimum atomic E-state index is -5.80. The average Bonchev–Trinajstić information content (AvgIpc) is 3.36. The van der Waals surface area contributed by atoms with Crippen LogP contribution in [0.2, 0.25) is 0 Å². The highest BCUT2D eigenvalue weighted by molar-refractivity contribution is 5.79. The Morgan fingerprint density at radius 2 is 1.59 bits per heavy atom. The predicted molar refractivity (Wildman–Crippen MR) is 132 cm³/mol. The second-order valence-corrected chi connectivity index (χ2v) is 10.9. The first-order valence-corrected chi connectivity index (χ1v) is 12.5. The van der Waals surface area contributed by atoms with Gasteiger partial charge in [0.2, 0.25) is 5.89 Å². The molecule has 0 unspecified atom stereocenters. The lowest BCUT2D eigenvalue weighted by atomic mass is 10.1. The van der Waals surface area contributed by atoms with E-state index in [2.05, 4.69) is 9.72 Å². The molecule has 0 N–H and O–H groups in total. The van der Waals surface area contributed by atoms with E-state index in [0.29, 0.717) is 22.8 Å². The zero-order chi connectivity index (χ0) is 30.8. The van der Waals surface area contributed by atoms with Gasteiger partial charge in [-0.3, -0.25) is 4.90 Å². The second-order valence-electron chi connectivity index (χ2n) is 10.9. The first kappa shape index (κ1) is 32.0. The second kappa shape index (κ2) is 11.8. The van der Waals surface area contributed by atoms with Gasteiger partial charge in [-0.05, 0) is 46.8 Å². The zero-order valence-electron chi connectivity index (χ0n) is 23.1. The first-order chi connectivity index (χ1) is 18.8. The van der Waals surface area contributed by atoms with E-state index in [9.17, 15) is 35.9 Å². The molecular weight excluding hydrogens is 564 g/mol. The Hall–Kier alpha value is -3.49. The Morgan fingerprint density at radius 3 is 2.10 bits per heavy atom. The minimum Gasteiger partial charge on any atom is -0.476 e. The van der Waals surface area contributed by atoms with Gasteiger partial charge in [0.05, 0.1) is 6.20 Å². The normalized spacial score (nSPS) is 15.7. The Kier molecular flexibility index (Phi) is 9.20. The number of aromatic nitrogens is 1. The number of ether oxygens (including phenoxy) is 3. The van der Waals surface area contributed by atoms with Crippen molar-refractivity contribution < 1.29 is 54.6 Å². The van der Waals surface area contributed by atoms with Crippen molar-refractivity contribution in [2.45, 2.75) is 70.8 Å². The van der Waals surface area contributed by atoms with Crippen molar-refractivity contribution in [1.29, 1.82) is 0 Å². The molecule has 3 rings (SSSR count). The molecule has 0 spiro atoms. The van der Waals surface area contributed by atoms with Crippen LogP contribution in [0.1, 0.15) is 40.2 Å². The van der Waals surface area contributed by atoms with Gasteiger partial charge in [0.1, 0.15) is 17.6 Å². The molecule has 2 heterocycles. The standard InChI is InChI=1S/C26H31F6N3O6/c1-23(2,3)41-21(36)24(4,5)40-18-14-16(19-33-8-13-38-19)6-7-17(18)15-34-9-11-35(12-10-34)22(37)39-20(25(27,28)29)26(30,31)32/h6-8,13-14,20H,9-12,15H2,1-5H3. The molecular formula is C26H31F6N3O6. The summed E-state index contributed by atoms with van der Waals surface area (Å²) in [5, 5.41) is 0. The quantitative estimate of drug-likeness (QED) is 0.302. The largest absolute Gasteiger partial charge is 0.476 e. The molecule has 0 bridgehead atoms. The number of alkyl halides is 6. The van der Waals surface area contributed by atoms with E-state index in [-0.39, 0.29) is 32.7 Å². The summed E-state index contributed by atoms with van der Waals surface area (Å²) in [6.07, 6.45) is -14.7. The molecule has 2 aromatic rings. The fraction of sp³-hybridized carbons (Fsp3) is 0.577. The van der Waals surface area contributed by atoms with Gasteiger partial charge >= 0.3 is 24.4 Å². The van der Waals surface area contributed by atoms with E-state index in [1.807, 2.05) is 4.90 Å². The lowest BCUT2D eigenvalue weighted by Crippen LogP contribution is -2.52. The van der Waals surface area contributed by atoms with Crippen molar-refractivity contribution in [3.05, 3.63) is 36.2 Å². The summed E-state index contributed by atoms with van der Waals surface area (Å²) >= 11 is 0. The highest BCUT2D eigenvalue weighted by Gasteiger charge is 2.60. The molecule has 1 amide bonds. The number of carbonyl (C=O) groups excluding carboxylic acids is 2. The third-order valence-electron chi connectivity index (χ3n) is 5.84. The molecule has 1 saturated heterocycles. The maximum Gasteiger partial charge on any atom is 0.434 e. The Bertz CT molecular complexity index is 1190. The first-order valence-electron chi connectivity index (χ1n) is 12.5. The van der Waals surface area contributed by atoms with Crippen LogP contribution in [-0.4, -0.2) is 82.7 Å². The summed E-state index contributed by atoms with van der Waals surface area (Å²) in [6.45, 7) is 8.37. The van der Waals surface area contributed by atoms with Crippen LogP contribution >= 0.6 is 0 Å². The molecule has 0 saturated carbocycles. The van der Waals surface area contributed by atoms with Gasteiger partial charge in [-0.2, -0.15) is 26.3 Å². The fourth-order valence-corrected chi connectivity index (χ4v) is 3.82. The third kappa shape index (κ3) is 8.75. The van der Waals surface area contributed by atoms with Crippen LogP contribution in [0.5, 0.6) is 5.75 Å². The van der Waals surface area contributed by atoms with Gasteiger partial charge in [0.25, 0.3) is 6.10 Å². The molecule has 0 aliphatic carbocycles. The summed E-state index contributed by atoms with van der Waals surface area (Å²) < 4.78 is 97.4. The lowest BCUT2D eigenvalue weighted by Gasteiger charge is -2.35. The van der Waals surface area contributed by atoms with Crippen molar-refractivity contribution in [2.24, 2.45) is 0 Å². The molecule has 0 radical (unpaired) electrons. The number of esters is 1. The molecule has 41 heavy (non-hydrogen) atoms. The summed E-state index contributed by atoms with van der Waals surface area (Å²) in [5.41, 5.74) is -0.998. The number of rotatable bonds is 7. The van der Waals surface area contributed by atoms with Crippen molar-refractivity contribution >= 4 is 12.1 Å². The summed E-state index contributed by atoms with van der Waals surface area (Å²) in [7, 11) is 0. The van der Waals surface area contributed by atoms with Gasteiger partial charge in [-0.1, -0.05) is 6.07 Å². The number of piperazine rings is 1. The summed E-state index contributed by atoms with van der Waals surface area (Å²) in [6, 6.07) is 5.07. The lowest BCUT2D eigenvalue weighted by molar-refractivity contribution is -0.308. The van der Waals surface area contributed by atoms with Gasteiger partial charge in [-0.25, -0.2) is 14.6 Å². The fourth-order valence-electron chi connectivity index (χ4n) is 3.82. The van der Waals surface area contributed by atoms with Crippen LogP contribution in [0.25, 0.3) is 11.5 Å². The number of hydrogen-bond donors (Lipinski definition) is 0. The van der Waals surface area contributed by atoms with Gasteiger partial charge < -0.3 is 23.5 Å². The molecule has 1 aliphatic heterocycles. The number of nitrogens with zero attached hydrogens (tertiary/aromatic N) is 3. The number of oxazole rings is 1. The maximum atomic E-state index is 12.8. The SMILES string of the molecule is CC(C)(C)OC(=O)C(C)(C)Oc1cc(-c2ncco2)ccc1CN1CCN(C(=O)OC(C(F)(F)F)C(F)(F)F)CC1. The van der Waals surface area contributed by atoms with E-state index in [4.69, 9.17) is 13.9 Å². The molecule has 1 aliphatic rings. The number of amides is 1. The van der Waals surface area contributed by atoms with E-state index in [1.54, 1.807) is 52.8 Å². The van der Waals surface area contributed by atoms with Gasteiger partial charge in [-0.15, -0.1) is 0 Å². The third-order valence-corrected chi connectivity index (χ3v) is 5.84. The highest BCUT2D eigenvalue weighted by atomic mass is 19.4. The van der Waals surface area contributed by atoms with E-state index >= 15 is 0 Å². The molecule has 0 atom stereocenters. The number of hydrogen-bond acceptors (Lipinski definition) is 8. The summed E-state index contributed by atoms with van der Waals surface area (Å²) in [4.78, 5) is 31.6. The minimum absolute atomic E-state index is 0.119. The molecule has 1 fully saturated rings. The Balaban J connectivity index is 1.73. The van der Waals surface area contributed by atoms with Crippen LogP contribution in [-0.2, 0) is 20.8 Å². The smallest absolute Gasteiger partial charge is 0.434 e. The number of halogens is 6. The molecule has 9 nitrogen and oxygen atoms in total. The van der Waals surface area contributed by atoms with Crippen LogP contribution in [0, 0.1) is 0 Å². The molecule has 228 valence electrons. The Labute approximate surface area is 232 Å².